The summed E-state index contributed by atoms with van der Waals surface area (Å²) in [5.74, 6) is 2.81. The number of aromatic amines is 1. The Bertz CT molecular complexity index is 764. The van der Waals surface area contributed by atoms with Crippen LogP contribution in [-0.4, -0.2) is 45.8 Å². The van der Waals surface area contributed by atoms with Crippen LogP contribution in [0.15, 0.2) is 10.5 Å². The van der Waals surface area contributed by atoms with Crippen LogP contribution < -0.4 is 0 Å². The summed E-state index contributed by atoms with van der Waals surface area (Å²) >= 11 is 0. The van der Waals surface area contributed by atoms with Crippen LogP contribution in [0.2, 0.25) is 0 Å². The van der Waals surface area contributed by atoms with E-state index >= 15 is 0 Å². The first-order valence-corrected chi connectivity index (χ1v) is 8.41. The monoisotopic (exact) mass is 332 g/mol. The minimum atomic E-state index is -0.475. The van der Waals surface area contributed by atoms with Crippen LogP contribution in [0.3, 0.4) is 0 Å². The predicted molar refractivity (Wildman–Crippen MR) is 84.6 cm³/mol. The molecule has 0 aromatic carbocycles. The Balaban J connectivity index is 1.54. The van der Waals surface area contributed by atoms with Crippen molar-refractivity contribution in [2.75, 3.05) is 19.8 Å². The van der Waals surface area contributed by atoms with Crippen LogP contribution in [0.4, 0.5) is 4.39 Å². The van der Waals surface area contributed by atoms with Gasteiger partial charge in [0.1, 0.15) is 17.3 Å². The molecule has 1 saturated carbocycles. The van der Waals surface area contributed by atoms with E-state index in [9.17, 15) is 9.18 Å². The van der Waals surface area contributed by atoms with E-state index < -0.39 is 6.67 Å². The van der Waals surface area contributed by atoms with Crippen molar-refractivity contribution >= 4 is 5.91 Å². The number of nitrogens with one attached hydrogen (secondary N) is 1. The molecular formula is C17H21FN4O2. The normalized spacial score (nSPS) is 23.9. The molecular weight excluding hydrogens is 311 g/mol. The second kappa shape index (κ2) is 5.72. The summed E-state index contributed by atoms with van der Waals surface area (Å²) in [6.07, 6.45) is 2.25. The summed E-state index contributed by atoms with van der Waals surface area (Å²) < 4.78 is 19.0. The lowest BCUT2D eigenvalue weighted by Crippen LogP contribution is -2.29. The van der Waals surface area contributed by atoms with E-state index in [2.05, 4.69) is 15.2 Å². The summed E-state index contributed by atoms with van der Waals surface area (Å²) in [4.78, 5) is 19.0. The number of rotatable bonds is 4. The zero-order valence-electron chi connectivity index (χ0n) is 13.9. The third-order valence-corrected chi connectivity index (χ3v) is 5.01. The van der Waals surface area contributed by atoms with Gasteiger partial charge in [-0.15, -0.1) is 0 Å². The Morgan fingerprint density at radius 1 is 1.42 bits per heavy atom. The molecule has 3 heterocycles. The van der Waals surface area contributed by atoms with Crippen molar-refractivity contribution < 1.29 is 13.6 Å². The second-order valence-electron chi connectivity index (χ2n) is 6.91. The fourth-order valence-corrected chi connectivity index (χ4v) is 3.49. The number of likely N-dealkylation sites (tertiary alicyclic amines) is 1. The van der Waals surface area contributed by atoms with E-state index in [1.807, 2.05) is 6.92 Å². The lowest BCUT2D eigenvalue weighted by atomic mass is 9.97. The molecule has 0 unspecified atom stereocenters. The Kier molecular flexibility index (Phi) is 3.66. The van der Waals surface area contributed by atoms with Gasteiger partial charge in [-0.25, -0.2) is 4.98 Å². The van der Waals surface area contributed by atoms with Crippen LogP contribution in [0.25, 0.3) is 0 Å². The van der Waals surface area contributed by atoms with Gasteiger partial charge in [-0.3, -0.25) is 14.3 Å². The Morgan fingerprint density at radius 2 is 2.21 bits per heavy atom. The standard InChI is InChI=1S/C17H21FN4O2/c1-9-5-13(10(2)24-9)17(23)22-7-12(6-18)14(8-22)16-19-15(20-21-16)11-3-4-11/h5,11-12,14H,3-4,6-8H2,1-2H3,(H,19,20,21)/t12-,14-/m1/s1. The van der Waals surface area contributed by atoms with Gasteiger partial charge in [0.15, 0.2) is 5.82 Å². The first-order chi connectivity index (χ1) is 11.6. The SMILES string of the molecule is Cc1cc(C(=O)N2C[C@@H](CF)[C@H](c3nc(C4CC4)n[nH]3)C2)c(C)o1. The highest BCUT2D eigenvalue weighted by Gasteiger charge is 2.40. The second-order valence-corrected chi connectivity index (χ2v) is 6.91. The molecule has 1 aliphatic heterocycles. The van der Waals surface area contributed by atoms with Gasteiger partial charge < -0.3 is 9.32 Å². The van der Waals surface area contributed by atoms with Gasteiger partial charge in [0.05, 0.1) is 12.2 Å². The van der Waals surface area contributed by atoms with Gasteiger partial charge in [0.2, 0.25) is 0 Å². The molecule has 6 nitrogen and oxygen atoms in total. The van der Waals surface area contributed by atoms with Gasteiger partial charge in [-0.05, 0) is 32.8 Å². The van der Waals surface area contributed by atoms with Crippen molar-refractivity contribution in [2.24, 2.45) is 5.92 Å². The number of carbonyl (C=O) groups is 1. The summed E-state index contributed by atoms with van der Waals surface area (Å²) in [5.41, 5.74) is 0.557. The molecule has 2 atom stereocenters. The minimum Gasteiger partial charge on any atom is -0.466 e. The van der Waals surface area contributed by atoms with Gasteiger partial charge in [0, 0.05) is 30.8 Å². The molecule has 0 spiro atoms. The maximum Gasteiger partial charge on any atom is 0.257 e. The Labute approximate surface area is 139 Å². The summed E-state index contributed by atoms with van der Waals surface area (Å²) in [6, 6.07) is 1.75. The zero-order valence-corrected chi connectivity index (χ0v) is 13.9. The molecule has 128 valence electrons. The summed E-state index contributed by atoms with van der Waals surface area (Å²) in [6.45, 7) is 3.96. The number of aryl methyl sites for hydroxylation is 2. The van der Waals surface area contributed by atoms with Crippen LogP contribution >= 0.6 is 0 Å². The number of aromatic nitrogens is 3. The van der Waals surface area contributed by atoms with E-state index in [0.717, 1.165) is 18.7 Å². The van der Waals surface area contributed by atoms with E-state index in [1.165, 1.54) is 0 Å². The first kappa shape index (κ1) is 15.4. The van der Waals surface area contributed by atoms with Crippen molar-refractivity contribution in [2.45, 2.75) is 38.5 Å². The quantitative estimate of drug-likeness (QED) is 0.934. The average Bonchev–Trinajstić information content (AvgIpc) is 3.00. The number of hydrogen-bond donors (Lipinski definition) is 1. The lowest BCUT2D eigenvalue weighted by Gasteiger charge is -2.15. The highest BCUT2D eigenvalue weighted by Crippen LogP contribution is 2.39. The maximum atomic E-state index is 13.5. The van der Waals surface area contributed by atoms with Crippen LogP contribution in [0.5, 0.6) is 0 Å². The minimum absolute atomic E-state index is 0.104. The number of hydrogen-bond acceptors (Lipinski definition) is 4. The molecule has 0 bridgehead atoms. The Morgan fingerprint density at radius 3 is 2.83 bits per heavy atom. The topological polar surface area (TPSA) is 75.0 Å². The molecule has 2 aromatic rings. The fraction of sp³-hybridized carbons (Fsp3) is 0.588. The third-order valence-electron chi connectivity index (χ3n) is 5.01. The molecule has 2 fully saturated rings. The molecule has 24 heavy (non-hydrogen) atoms. The smallest absolute Gasteiger partial charge is 0.257 e. The van der Waals surface area contributed by atoms with Crippen molar-refractivity contribution in [1.29, 1.82) is 0 Å². The van der Waals surface area contributed by atoms with E-state index in [-0.39, 0.29) is 17.7 Å². The van der Waals surface area contributed by atoms with Crippen molar-refractivity contribution in [3.8, 4) is 0 Å². The van der Waals surface area contributed by atoms with Gasteiger partial charge >= 0.3 is 0 Å². The number of furan rings is 1. The number of carbonyl (C=O) groups excluding carboxylic acids is 1. The van der Waals surface area contributed by atoms with E-state index in [4.69, 9.17) is 4.42 Å². The van der Waals surface area contributed by atoms with Crippen molar-refractivity contribution in [3.63, 3.8) is 0 Å². The number of amides is 1. The highest BCUT2D eigenvalue weighted by molar-refractivity contribution is 5.95. The van der Waals surface area contributed by atoms with E-state index in [1.54, 1.807) is 17.9 Å². The van der Waals surface area contributed by atoms with Crippen molar-refractivity contribution in [1.82, 2.24) is 20.1 Å². The molecule has 1 aliphatic carbocycles. The molecule has 4 rings (SSSR count). The summed E-state index contributed by atoms with van der Waals surface area (Å²) in [5, 5.41) is 7.22. The maximum absolute atomic E-state index is 13.5. The fourth-order valence-electron chi connectivity index (χ4n) is 3.49. The summed E-state index contributed by atoms with van der Waals surface area (Å²) in [7, 11) is 0. The van der Waals surface area contributed by atoms with Crippen LogP contribution in [-0.2, 0) is 0 Å². The molecule has 2 aromatic heterocycles. The van der Waals surface area contributed by atoms with Gasteiger partial charge in [-0.2, -0.15) is 5.10 Å². The number of alkyl halides is 1. The molecule has 1 saturated heterocycles. The number of nitrogens with zero attached hydrogens (tertiary/aromatic N) is 3. The number of H-pyrrole nitrogens is 1. The third kappa shape index (κ3) is 2.61. The number of halogens is 1. The lowest BCUT2D eigenvalue weighted by molar-refractivity contribution is 0.0782. The molecule has 1 amide bonds. The largest absolute Gasteiger partial charge is 0.466 e. The van der Waals surface area contributed by atoms with Crippen molar-refractivity contribution in [3.05, 3.63) is 34.8 Å². The molecule has 2 aliphatic rings. The molecule has 1 N–H and O–H groups in total. The molecule has 0 radical (unpaired) electrons. The zero-order chi connectivity index (χ0) is 16.8. The highest BCUT2D eigenvalue weighted by atomic mass is 19.1. The molecule has 7 heteroatoms. The van der Waals surface area contributed by atoms with Gasteiger partial charge in [-0.1, -0.05) is 0 Å². The first-order valence-electron chi connectivity index (χ1n) is 8.41. The van der Waals surface area contributed by atoms with E-state index in [0.29, 0.717) is 41.9 Å². The average molecular weight is 332 g/mol. The van der Waals surface area contributed by atoms with Crippen LogP contribution in [0, 0.1) is 19.8 Å². The predicted octanol–water partition coefficient (Wildman–Crippen LogP) is 2.72. The van der Waals surface area contributed by atoms with Gasteiger partial charge in [0.25, 0.3) is 5.91 Å². The Hall–Kier alpha value is -2.18. The van der Waals surface area contributed by atoms with Crippen LogP contribution in [0.1, 0.15) is 58.2 Å².